The Morgan fingerprint density at radius 2 is 2.23 bits per heavy atom. The molecule has 0 saturated heterocycles. The first-order valence-corrected chi connectivity index (χ1v) is 4.30. The molecule has 0 heterocycles. The fraction of sp³-hybridized carbons (Fsp3) is 0.222. The minimum absolute atomic E-state index is 0.452. The quantitative estimate of drug-likeness (QED) is 0.558. The van der Waals surface area contributed by atoms with Crippen molar-refractivity contribution in [2.45, 2.75) is 6.92 Å². The standard InChI is InChI=1S/C9H12N2OS/c1-7-4-3-5-8(6-7)10-9(13)11-12-2/h3-6H,1-2H3,(H2,10,11,13). The molecule has 0 amide bonds. The van der Waals surface area contributed by atoms with Crippen LogP contribution in [0, 0.1) is 6.92 Å². The van der Waals surface area contributed by atoms with Crippen molar-refractivity contribution in [1.82, 2.24) is 5.48 Å². The number of thiocarbonyl (C=S) groups is 1. The zero-order valence-electron chi connectivity index (χ0n) is 7.63. The van der Waals surface area contributed by atoms with Crippen molar-refractivity contribution in [3.63, 3.8) is 0 Å². The van der Waals surface area contributed by atoms with Gasteiger partial charge in [-0.2, -0.15) is 0 Å². The molecule has 0 radical (unpaired) electrons. The highest BCUT2D eigenvalue weighted by molar-refractivity contribution is 7.80. The summed E-state index contributed by atoms with van der Waals surface area (Å²) in [5.41, 5.74) is 4.67. The maximum absolute atomic E-state index is 4.93. The van der Waals surface area contributed by atoms with Crippen LogP contribution in [0.2, 0.25) is 0 Å². The van der Waals surface area contributed by atoms with E-state index < -0.39 is 0 Å². The number of aryl methyl sites for hydroxylation is 1. The summed E-state index contributed by atoms with van der Waals surface area (Å²) < 4.78 is 0. The second-order valence-electron chi connectivity index (χ2n) is 2.63. The summed E-state index contributed by atoms with van der Waals surface area (Å²) in [6.07, 6.45) is 0. The van der Waals surface area contributed by atoms with Crippen LogP contribution in [-0.4, -0.2) is 12.2 Å². The van der Waals surface area contributed by atoms with E-state index in [2.05, 4.69) is 15.6 Å². The molecule has 1 aromatic carbocycles. The Hall–Kier alpha value is -1.13. The Labute approximate surface area is 83.1 Å². The van der Waals surface area contributed by atoms with Gasteiger partial charge in [0, 0.05) is 5.69 Å². The van der Waals surface area contributed by atoms with Gasteiger partial charge in [-0.05, 0) is 36.8 Å². The summed E-state index contributed by atoms with van der Waals surface area (Å²) in [7, 11) is 1.52. The van der Waals surface area contributed by atoms with Crippen molar-refractivity contribution in [2.24, 2.45) is 0 Å². The van der Waals surface area contributed by atoms with Crippen LogP contribution in [0.3, 0.4) is 0 Å². The zero-order valence-corrected chi connectivity index (χ0v) is 8.44. The molecule has 0 fully saturated rings. The summed E-state index contributed by atoms with van der Waals surface area (Å²) in [6.45, 7) is 2.03. The van der Waals surface area contributed by atoms with Gasteiger partial charge in [-0.25, -0.2) is 5.48 Å². The molecule has 0 unspecified atom stereocenters. The van der Waals surface area contributed by atoms with E-state index in [1.165, 1.54) is 12.7 Å². The average Bonchev–Trinajstić information content (AvgIpc) is 2.04. The van der Waals surface area contributed by atoms with Gasteiger partial charge >= 0.3 is 0 Å². The molecule has 0 spiro atoms. The van der Waals surface area contributed by atoms with Crippen LogP contribution in [0.1, 0.15) is 5.56 Å². The van der Waals surface area contributed by atoms with Gasteiger partial charge in [-0.3, -0.25) is 4.84 Å². The molecule has 0 atom stereocenters. The van der Waals surface area contributed by atoms with Crippen molar-refractivity contribution < 1.29 is 4.84 Å². The van der Waals surface area contributed by atoms with Crippen LogP contribution in [-0.2, 0) is 4.84 Å². The molecule has 1 aromatic rings. The highest BCUT2D eigenvalue weighted by atomic mass is 32.1. The third kappa shape index (κ3) is 3.40. The van der Waals surface area contributed by atoms with Crippen LogP contribution < -0.4 is 10.8 Å². The first kappa shape index (κ1) is 9.95. The predicted octanol–water partition coefficient (Wildman–Crippen LogP) is 1.84. The van der Waals surface area contributed by atoms with E-state index in [-0.39, 0.29) is 0 Å². The van der Waals surface area contributed by atoms with Crippen molar-refractivity contribution in [3.8, 4) is 0 Å². The number of hydroxylamine groups is 1. The Bertz CT molecular complexity index is 301. The van der Waals surface area contributed by atoms with Crippen LogP contribution in [0.25, 0.3) is 0 Å². The lowest BCUT2D eigenvalue weighted by atomic mass is 10.2. The van der Waals surface area contributed by atoms with E-state index in [1.807, 2.05) is 31.2 Å². The summed E-state index contributed by atoms with van der Waals surface area (Å²) in [5, 5.41) is 3.43. The molecular weight excluding hydrogens is 184 g/mol. The summed E-state index contributed by atoms with van der Waals surface area (Å²) in [4.78, 5) is 4.65. The largest absolute Gasteiger partial charge is 0.331 e. The second kappa shape index (κ2) is 4.79. The molecule has 0 aromatic heterocycles. The van der Waals surface area contributed by atoms with Gasteiger partial charge in [0.2, 0.25) is 0 Å². The molecule has 0 aliphatic carbocycles. The molecular formula is C9H12N2OS. The molecule has 0 saturated carbocycles. The summed E-state index contributed by atoms with van der Waals surface area (Å²) >= 11 is 4.93. The Kier molecular flexibility index (Phi) is 3.67. The first-order chi connectivity index (χ1) is 6.22. The van der Waals surface area contributed by atoms with Gasteiger partial charge in [0.1, 0.15) is 0 Å². The fourth-order valence-corrected chi connectivity index (χ4v) is 1.17. The molecule has 4 heteroatoms. The lowest BCUT2D eigenvalue weighted by Crippen LogP contribution is -2.27. The highest BCUT2D eigenvalue weighted by Crippen LogP contribution is 2.08. The Balaban J connectivity index is 2.58. The van der Waals surface area contributed by atoms with Gasteiger partial charge in [-0.1, -0.05) is 12.1 Å². The maximum Gasteiger partial charge on any atom is 0.195 e. The van der Waals surface area contributed by atoms with Crippen molar-refractivity contribution in [1.29, 1.82) is 0 Å². The molecule has 70 valence electrons. The van der Waals surface area contributed by atoms with Crippen molar-refractivity contribution in [3.05, 3.63) is 29.8 Å². The topological polar surface area (TPSA) is 33.3 Å². The molecule has 0 bridgehead atoms. The number of hydrogen-bond acceptors (Lipinski definition) is 2. The van der Waals surface area contributed by atoms with Gasteiger partial charge in [0.15, 0.2) is 5.11 Å². The molecule has 0 aliphatic rings. The van der Waals surface area contributed by atoms with Crippen molar-refractivity contribution in [2.75, 3.05) is 12.4 Å². The van der Waals surface area contributed by atoms with Crippen LogP contribution >= 0.6 is 12.2 Å². The minimum atomic E-state index is 0.452. The minimum Gasteiger partial charge on any atom is -0.331 e. The molecule has 1 rings (SSSR count). The third-order valence-corrected chi connectivity index (χ3v) is 1.66. The predicted molar refractivity (Wildman–Crippen MR) is 57.5 cm³/mol. The lowest BCUT2D eigenvalue weighted by Gasteiger charge is -2.08. The highest BCUT2D eigenvalue weighted by Gasteiger charge is 1.95. The summed E-state index contributed by atoms with van der Waals surface area (Å²) in [5.74, 6) is 0. The Morgan fingerprint density at radius 1 is 1.46 bits per heavy atom. The normalized spacial score (nSPS) is 9.38. The molecule has 3 nitrogen and oxygen atoms in total. The van der Waals surface area contributed by atoms with Crippen LogP contribution in [0.5, 0.6) is 0 Å². The first-order valence-electron chi connectivity index (χ1n) is 3.89. The van der Waals surface area contributed by atoms with Crippen LogP contribution in [0.4, 0.5) is 5.69 Å². The van der Waals surface area contributed by atoms with E-state index in [1.54, 1.807) is 0 Å². The van der Waals surface area contributed by atoms with Gasteiger partial charge in [0.05, 0.1) is 7.11 Å². The molecule has 2 N–H and O–H groups in total. The average molecular weight is 196 g/mol. The lowest BCUT2D eigenvalue weighted by molar-refractivity contribution is 0.146. The smallest absolute Gasteiger partial charge is 0.195 e. The van der Waals surface area contributed by atoms with Gasteiger partial charge in [-0.15, -0.1) is 0 Å². The van der Waals surface area contributed by atoms with Gasteiger partial charge in [0.25, 0.3) is 0 Å². The van der Waals surface area contributed by atoms with E-state index in [4.69, 9.17) is 12.2 Å². The Morgan fingerprint density at radius 3 is 2.85 bits per heavy atom. The summed E-state index contributed by atoms with van der Waals surface area (Å²) in [6, 6.07) is 7.94. The molecule has 0 aliphatic heterocycles. The van der Waals surface area contributed by atoms with E-state index in [0.29, 0.717) is 5.11 Å². The van der Waals surface area contributed by atoms with Crippen LogP contribution in [0.15, 0.2) is 24.3 Å². The van der Waals surface area contributed by atoms with Gasteiger partial charge < -0.3 is 5.32 Å². The number of rotatable bonds is 2. The van der Waals surface area contributed by atoms with E-state index in [9.17, 15) is 0 Å². The molecule has 13 heavy (non-hydrogen) atoms. The second-order valence-corrected chi connectivity index (χ2v) is 3.04. The SMILES string of the molecule is CONC(=S)Nc1cccc(C)c1. The monoisotopic (exact) mass is 196 g/mol. The van der Waals surface area contributed by atoms with Crippen molar-refractivity contribution >= 4 is 23.0 Å². The maximum atomic E-state index is 4.93. The van der Waals surface area contributed by atoms with E-state index >= 15 is 0 Å². The fourth-order valence-electron chi connectivity index (χ4n) is 0.972. The van der Waals surface area contributed by atoms with E-state index in [0.717, 1.165) is 5.69 Å². The third-order valence-electron chi connectivity index (χ3n) is 1.47. The number of anilines is 1. The number of benzene rings is 1. The number of nitrogens with one attached hydrogen (secondary N) is 2. The number of hydrogen-bond donors (Lipinski definition) is 2. The zero-order chi connectivity index (χ0) is 9.68.